The van der Waals surface area contributed by atoms with E-state index in [1.807, 2.05) is 51.1 Å². The van der Waals surface area contributed by atoms with Gasteiger partial charge in [0, 0.05) is 11.8 Å². The first-order valence-corrected chi connectivity index (χ1v) is 16.9. The van der Waals surface area contributed by atoms with Crippen LogP contribution in [0.15, 0.2) is 30.3 Å². The summed E-state index contributed by atoms with van der Waals surface area (Å²) in [5.74, 6) is -0.160. The summed E-state index contributed by atoms with van der Waals surface area (Å²) in [5, 5.41) is -0.0707. The van der Waals surface area contributed by atoms with Crippen LogP contribution in [-0.2, 0) is 32.1 Å². The molecule has 0 bridgehead atoms. The topological polar surface area (TPSA) is 80.3 Å². The van der Waals surface area contributed by atoms with Gasteiger partial charge in [-0.25, -0.2) is 4.57 Å². The molecule has 1 aromatic rings. The zero-order valence-electron chi connectivity index (χ0n) is 23.2. The van der Waals surface area contributed by atoms with Crippen LogP contribution >= 0.6 is 7.82 Å². The Bertz CT molecular complexity index is 881. The van der Waals surface area contributed by atoms with Crippen LogP contribution in [0.5, 0.6) is 0 Å². The molecule has 0 aliphatic carbocycles. The Morgan fingerprint density at radius 2 is 1.60 bits per heavy atom. The van der Waals surface area contributed by atoms with Crippen LogP contribution in [0, 0.1) is 5.41 Å². The molecule has 0 radical (unpaired) electrons. The number of rotatable bonds is 11. The number of Topliss-reactive ketones (excluding diaryl/α,β-unsaturated/α-hetero) is 1. The summed E-state index contributed by atoms with van der Waals surface area (Å²) in [6.07, 6.45) is -1.00. The van der Waals surface area contributed by atoms with Crippen LogP contribution in [0.3, 0.4) is 0 Å². The Morgan fingerprint density at radius 3 is 2.06 bits per heavy atom. The highest BCUT2D eigenvalue weighted by Gasteiger charge is 2.60. The monoisotopic (exact) mass is 528 g/mol. The molecule has 0 aromatic heterocycles. The normalized spacial score (nSPS) is 24.1. The maximum absolute atomic E-state index is 14.1. The van der Waals surface area contributed by atoms with Crippen molar-refractivity contribution in [2.45, 2.75) is 97.8 Å². The van der Waals surface area contributed by atoms with Gasteiger partial charge in [-0.05, 0) is 37.5 Å². The summed E-state index contributed by atoms with van der Waals surface area (Å²) in [7, 11) is -6.20. The van der Waals surface area contributed by atoms with Crippen LogP contribution in [-0.4, -0.2) is 45.6 Å². The number of carbonyl (C=O) groups is 1. The van der Waals surface area contributed by atoms with E-state index in [0.717, 1.165) is 5.56 Å². The molecule has 35 heavy (non-hydrogen) atoms. The fraction of sp³-hybridized carbons (Fsp3) is 0.731. The van der Waals surface area contributed by atoms with Crippen molar-refractivity contribution in [3.05, 3.63) is 35.9 Å². The second-order valence-electron chi connectivity index (χ2n) is 11.6. The van der Waals surface area contributed by atoms with E-state index in [9.17, 15) is 9.36 Å². The van der Waals surface area contributed by atoms with Gasteiger partial charge in [0.2, 0.25) is 0 Å². The van der Waals surface area contributed by atoms with Crippen molar-refractivity contribution in [1.29, 1.82) is 0 Å². The van der Waals surface area contributed by atoms with Gasteiger partial charge in [0.15, 0.2) is 19.7 Å². The standard InChI is InChI=1S/C26H45O7PSi/c1-11-29-34(28,30-12-2)33-22-18-21(20-16-14-13-15-17-20)32-26(22,23(27)24(3,4)5)19-31-35(9,10)25(6,7)8/h13-17,21-22H,11-12,18-19H2,1-10H3/t21-,22+,26-/m0/s1. The maximum Gasteiger partial charge on any atom is 0.475 e. The third kappa shape index (κ3) is 7.13. The molecule has 0 unspecified atom stereocenters. The van der Waals surface area contributed by atoms with Crippen molar-refractivity contribution in [1.82, 2.24) is 0 Å². The Balaban J connectivity index is 2.60. The fourth-order valence-electron chi connectivity index (χ4n) is 3.86. The largest absolute Gasteiger partial charge is 0.475 e. The summed E-state index contributed by atoms with van der Waals surface area (Å²) in [6, 6.07) is 9.70. The van der Waals surface area contributed by atoms with Gasteiger partial charge in [0.1, 0.15) is 6.10 Å². The van der Waals surface area contributed by atoms with Crippen molar-refractivity contribution >= 4 is 21.9 Å². The molecule has 1 heterocycles. The lowest BCUT2D eigenvalue weighted by Crippen LogP contribution is -2.58. The molecule has 0 spiro atoms. The number of benzene rings is 1. The zero-order chi connectivity index (χ0) is 26.7. The van der Waals surface area contributed by atoms with Crippen molar-refractivity contribution in [3.8, 4) is 0 Å². The molecular weight excluding hydrogens is 483 g/mol. The first-order valence-electron chi connectivity index (χ1n) is 12.5. The summed E-state index contributed by atoms with van der Waals surface area (Å²) < 4.78 is 43.7. The number of phosphoric acid groups is 1. The summed E-state index contributed by atoms with van der Waals surface area (Å²) in [6.45, 7) is 20.0. The van der Waals surface area contributed by atoms with E-state index in [-0.39, 0.29) is 30.6 Å². The highest BCUT2D eigenvalue weighted by molar-refractivity contribution is 7.48. The van der Waals surface area contributed by atoms with Gasteiger partial charge in [-0.15, -0.1) is 0 Å². The van der Waals surface area contributed by atoms with E-state index in [4.69, 9.17) is 22.7 Å². The second-order valence-corrected chi connectivity index (χ2v) is 18.1. The van der Waals surface area contributed by atoms with Gasteiger partial charge in [-0.3, -0.25) is 18.4 Å². The quantitative estimate of drug-likeness (QED) is 0.224. The third-order valence-corrected chi connectivity index (χ3v) is 13.0. The highest BCUT2D eigenvalue weighted by Crippen LogP contribution is 2.56. The van der Waals surface area contributed by atoms with Crippen LogP contribution < -0.4 is 0 Å². The molecular formula is C26H45O7PSi. The molecule has 1 aromatic carbocycles. The van der Waals surface area contributed by atoms with E-state index in [2.05, 4.69) is 33.9 Å². The lowest BCUT2D eigenvalue weighted by Gasteiger charge is -2.42. The molecule has 3 atom stereocenters. The van der Waals surface area contributed by atoms with E-state index in [1.165, 1.54) is 0 Å². The SMILES string of the molecule is CCOP(=O)(OCC)O[C@@H]1C[C@@H](c2ccccc2)O[C@]1(CO[Si](C)(C)C(C)(C)C)C(=O)C(C)(C)C. The average molecular weight is 529 g/mol. The number of carbonyl (C=O) groups excluding carboxylic acids is 1. The van der Waals surface area contributed by atoms with Gasteiger partial charge in [0.05, 0.1) is 25.9 Å². The molecule has 0 saturated carbocycles. The number of ketones is 1. The molecule has 0 N–H and O–H groups in total. The van der Waals surface area contributed by atoms with Gasteiger partial charge >= 0.3 is 7.82 Å². The smallest absolute Gasteiger partial charge is 0.413 e. The van der Waals surface area contributed by atoms with Crippen LogP contribution in [0.4, 0.5) is 0 Å². The summed E-state index contributed by atoms with van der Waals surface area (Å²) in [4.78, 5) is 14.1. The highest BCUT2D eigenvalue weighted by atomic mass is 31.2. The van der Waals surface area contributed by atoms with Crippen molar-refractivity contribution < 1.29 is 32.1 Å². The summed E-state index contributed by atoms with van der Waals surface area (Å²) >= 11 is 0. The van der Waals surface area contributed by atoms with E-state index in [0.29, 0.717) is 6.42 Å². The van der Waals surface area contributed by atoms with Crippen LogP contribution in [0.1, 0.15) is 73.5 Å². The first kappa shape index (κ1) is 30.4. The van der Waals surface area contributed by atoms with Gasteiger partial charge in [0.25, 0.3) is 0 Å². The zero-order valence-corrected chi connectivity index (χ0v) is 25.1. The molecule has 1 saturated heterocycles. The summed E-state index contributed by atoms with van der Waals surface area (Å²) in [5.41, 5.74) is -1.32. The Kier molecular flexibility index (Phi) is 9.77. The third-order valence-electron chi connectivity index (χ3n) is 6.82. The van der Waals surface area contributed by atoms with Gasteiger partial charge in [-0.2, -0.15) is 0 Å². The van der Waals surface area contributed by atoms with Gasteiger partial charge in [-0.1, -0.05) is 71.9 Å². The van der Waals surface area contributed by atoms with Crippen LogP contribution in [0.2, 0.25) is 18.1 Å². The molecule has 7 nitrogen and oxygen atoms in total. The Hall–Kier alpha value is -0.863. The molecule has 1 fully saturated rings. The van der Waals surface area contributed by atoms with Crippen molar-refractivity contribution in [3.63, 3.8) is 0 Å². The van der Waals surface area contributed by atoms with E-state index >= 15 is 0 Å². The molecule has 1 aliphatic heterocycles. The maximum atomic E-state index is 14.1. The van der Waals surface area contributed by atoms with Crippen LogP contribution in [0.25, 0.3) is 0 Å². The van der Waals surface area contributed by atoms with E-state index in [1.54, 1.807) is 13.8 Å². The minimum Gasteiger partial charge on any atom is -0.413 e. The minimum atomic E-state index is -3.93. The lowest BCUT2D eigenvalue weighted by molar-refractivity contribution is -0.166. The number of hydrogen-bond acceptors (Lipinski definition) is 7. The predicted octanol–water partition coefficient (Wildman–Crippen LogP) is 7.09. The lowest BCUT2D eigenvalue weighted by atomic mass is 9.78. The molecule has 1 aliphatic rings. The molecule has 200 valence electrons. The number of ether oxygens (including phenoxy) is 1. The second kappa shape index (κ2) is 11.3. The Morgan fingerprint density at radius 1 is 1.06 bits per heavy atom. The molecule has 9 heteroatoms. The van der Waals surface area contributed by atoms with Crippen molar-refractivity contribution in [2.24, 2.45) is 5.41 Å². The number of phosphoric ester groups is 1. The Labute approximate surface area is 213 Å². The molecule has 0 amide bonds. The minimum absolute atomic E-state index is 0.00580. The van der Waals surface area contributed by atoms with E-state index < -0.39 is 39.4 Å². The first-order chi connectivity index (χ1) is 16.0. The fourth-order valence-corrected chi connectivity index (χ4v) is 6.27. The average Bonchev–Trinajstić information content (AvgIpc) is 3.10. The van der Waals surface area contributed by atoms with Gasteiger partial charge < -0.3 is 9.16 Å². The number of hydrogen-bond donors (Lipinski definition) is 0. The predicted molar refractivity (Wildman–Crippen MR) is 141 cm³/mol. The molecule has 2 rings (SSSR count). The van der Waals surface area contributed by atoms with Crippen molar-refractivity contribution in [2.75, 3.05) is 19.8 Å².